The van der Waals surface area contributed by atoms with Gasteiger partial charge in [0.25, 0.3) is 0 Å². The molecule has 0 bridgehead atoms. The molecule has 0 saturated heterocycles. The molecule has 3 heteroatoms. The van der Waals surface area contributed by atoms with Crippen LogP contribution in [0.4, 0.5) is 5.69 Å². The van der Waals surface area contributed by atoms with E-state index in [2.05, 4.69) is 55.8 Å². The molecule has 0 aliphatic carbocycles. The highest BCUT2D eigenvalue weighted by molar-refractivity contribution is 8.00. The third kappa shape index (κ3) is 3.24. The van der Waals surface area contributed by atoms with Crippen LogP contribution in [0.25, 0.3) is 0 Å². The second-order valence-electron chi connectivity index (χ2n) is 4.63. The van der Waals surface area contributed by atoms with E-state index >= 15 is 0 Å². The van der Waals surface area contributed by atoms with Crippen molar-refractivity contribution in [2.24, 2.45) is 0 Å². The first-order valence-corrected chi connectivity index (χ1v) is 7.07. The molecular weight excluding hydrogens is 254 g/mol. The summed E-state index contributed by atoms with van der Waals surface area (Å²) < 4.78 is 8.82. The molecule has 0 saturated carbocycles. The minimum Gasteiger partial charge on any atom is -0.496 e. The summed E-state index contributed by atoms with van der Waals surface area (Å²) in [4.78, 5) is 1.10. The van der Waals surface area contributed by atoms with Crippen molar-refractivity contribution in [2.75, 3.05) is 11.8 Å². The maximum atomic E-state index is 5.39. The van der Waals surface area contributed by atoms with Crippen LogP contribution in [0.5, 0.6) is 5.75 Å². The highest BCUT2D eigenvalue weighted by Crippen LogP contribution is 2.32. The zero-order valence-corrected chi connectivity index (χ0v) is 12.6. The maximum Gasteiger partial charge on any atom is 0.134 e. The van der Waals surface area contributed by atoms with Gasteiger partial charge in [-0.15, -0.1) is 0 Å². The van der Waals surface area contributed by atoms with Crippen molar-refractivity contribution in [1.29, 1.82) is 0 Å². The average Bonchev–Trinajstić information content (AvgIpc) is 2.38. The van der Waals surface area contributed by atoms with E-state index in [4.69, 9.17) is 4.74 Å². The van der Waals surface area contributed by atoms with E-state index in [9.17, 15) is 0 Å². The Balaban J connectivity index is 2.21. The molecule has 0 aromatic heterocycles. The van der Waals surface area contributed by atoms with E-state index < -0.39 is 0 Å². The molecule has 2 rings (SSSR count). The highest BCUT2D eigenvalue weighted by Gasteiger charge is 2.06. The summed E-state index contributed by atoms with van der Waals surface area (Å²) in [6.45, 7) is 6.31. The van der Waals surface area contributed by atoms with Crippen LogP contribution < -0.4 is 9.46 Å². The van der Waals surface area contributed by atoms with Gasteiger partial charge < -0.3 is 9.46 Å². The van der Waals surface area contributed by atoms with E-state index in [0.717, 1.165) is 10.6 Å². The van der Waals surface area contributed by atoms with Crippen LogP contribution in [0.15, 0.2) is 41.3 Å². The number of para-hydroxylation sites is 1. The van der Waals surface area contributed by atoms with Crippen molar-refractivity contribution in [2.45, 2.75) is 25.7 Å². The van der Waals surface area contributed by atoms with E-state index in [-0.39, 0.29) is 0 Å². The molecule has 2 aromatic carbocycles. The van der Waals surface area contributed by atoms with Crippen LogP contribution in [0.1, 0.15) is 16.7 Å². The summed E-state index contributed by atoms with van der Waals surface area (Å²) in [5, 5.41) is 0. The molecule has 0 spiro atoms. The number of aryl methyl sites for hydroxylation is 3. The molecule has 2 nitrogen and oxygen atoms in total. The second kappa shape index (κ2) is 6.02. The van der Waals surface area contributed by atoms with Crippen LogP contribution in [-0.4, -0.2) is 7.11 Å². The van der Waals surface area contributed by atoms with Gasteiger partial charge in [0.05, 0.1) is 17.7 Å². The molecule has 0 heterocycles. The summed E-state index contributed by atoms with van der Waals surface area (Å²) in [5.74, 6) is 0.898. The molecule has 0 fully saturated rings. The number of benzene rings is 2. The quantitative estimate of drug-likeness (QED) is 0.813. The van der Waals surface area contributed by atoms with Gasteiger partial charge in [0.1, 0.15) is 5.75 Å². The number of nitrogens with one attached hydrogen (secondary N) is 1. The van der Waals surface area contributed by atoms with E-state index in [0.29, 0.717) is 0 Å². The van der Waals surface area contributed by atoms with Crippen molar-refractivity contribution in [3.63, 3.8) is 0 Å². The summed E-state index contributed by atoms with van der Waals surface area (Å²) in [6, 6.07) is 12.5. The first-order chi connectivity index (χ1) is 9.11. The smallest absolute Gasteiger partial charge is 0.134 e. The molecule has 1 N–H and O–H groups in total. The first-order valence-electron chi connectivity index (χ1n) is 6.25. The van der Waals surface area contributed by atoms with Gasteiger partial charge in [-0.2, -0.15) is 0 Å². The summed E-state index contributed by atoms with van der Waals surface area (Å²) in [7, 11) is 1.70. The van der Waals surface area contributed by atoms with Crippen LogP contribution in [-0.2, 0) is 0 Å². The predicted molar refractivity (Wildman–Crippen MR) is 83.1 cm³/mol. The minimum absolute atomic E-state index is 0.898. The predicted octanol–water partition coefficient (Wildman–Crippen LogP) is 4.74. The van der Waals surface area contributed by atoms with Crippen molar-refractivity contribution in [3.8, 4) is 5.75 Å². The van der Waals surface area contributed by atoms with E-state index in [1.54, 1.807) is 19.1 Å². The Morgan fingerprint density at radius 3 is 2.32 bits per heavy atom. The Kier molecular flexibility index (Phi) is 4.38. The standard InChI is InChI=1S/C16H19NOS/c1-11-8-9-14(18-4)15(10-11)19-17-16-12(2)6-5-7-13(16)3/h5-10,17H,1-4H3. The molecule has 100 valence electrons. The van der Waals surface area contributed by atoms with Gasteiger partial charge in [0.15, 0.2) is 0 Å². The van der Waals surface area contributed by atoms with Crippen LogP contribution in [0.3, 0.4) is 0 Å². The number of methoxy groups -OCH3 is 1. The van der Waals surface area contributed by atoms with E-state index in [1.165, 1.54) is 22.4 Å². The SMILES string of the molecule is COc1ccc(C)cc1SNc1c(C)cccc1C. The molecule has 0 aliphatic rings. The Hall–Kier alpha value is -1.61. The van der Waals surface area contributed by atoms with Crippen molar-refractivity contribution < 1.29 is 4.74 Å². The third-order valence-corrected chi connectivity index (χ3v) is 3.91. The Morgan fingerprint density at radius 2 is 1.68 bits per heavy atom. The number of hydrogen-bond donors (Lipinski definition) is 1. The Labute approximate surface area is 119 Å². The number of ether oxygens (including phenoxy) is 1. The molecule has 2 aromatic rings. The molecule has 19 heavy (non-hydrogen) atoms. The molecular formula is C16H19NOS. The number of anilines is 1. The Bertz CT molecular complexity index is 561. The lowest BCUT2D eigenvalue weighted by Crippen LogP contribution is -1.95. The van der Waals surface area contributed by atoms with Crippen molar-refractivity contribution in [3.05, 3.63) is 53.1 Å². The van der Waals surface area contributed by atoms with Gasteiger partial charge in [-0.05, 0) is 61.5 Å². The monoisotopic (exact) mass is 273 g/mol. The summed E-state index contributed by atoms with van der Waals surface area (Å²) >= 11 is 1.59. The van der Waals surface area contributed by atoms with Crippen LogP contribution in [0, 0.1) is 20.8 Å². The van der Waals surface area contributed by atoms with Gasteiger partial charge in [0, 0.05) is 0 Å². The van der Waals surface area contributed by atoms with Gasteiger partial charge >= 0.3 is 0 Å². The van der Waals surface area contributed by atoms with Gasteiger partial charge in [-0.25, -0.2) is 0 Å². The largest absolute Gasteiger partial charge is 0.496 e. The molecule has 0 aliphatic heterocycles. The van der Waals surface area contributed by atoms with Crippen LogP contribution in [0.2, 0.25) is 0 Å². The fourth-order valence-electron chi connectivity index (χ4n) is 1.95. The fraction of sp³-hybridized carbons (Fsp3) is 0.250. The maximum absolute atomic E-state index is 5.39. The lowest BCUT2D eigenvalue weighted by Gasteiger charge is -2.13. The highest BCUT2D eigenvalue weighted by atomic mass is 32.2. The van der Waals surface area contributed by atoms with Gasteiger partial charge in [-0.1, -0.05) is 24.3 Å². The third-order valence-electron chi connectivity index (χ3n) is 3.06. The molecule has 0 radical (unpaired) electrons. The first kappa shape index (κ1) is 13.8. The normalized spacial score (nSPS) is 10.3. The van der Waals surface area contributed by atoms with Gasteiger partial charge in [-0.3, -0.25) is 0 Å². The molecule has 0 amide bonds. The summed E-state index contributed by atoms with van der Waals surface area (Å²) in [6.07, 6.45) is 0. The average molecular weight is 273 g/mol. The molecule has 0 unspecified atom stereocenters. The lowest BCUT2D eigenvalue weighted by molar-refractivity contribution is 0.404. The zero-order chi connectivity index (χ0) is 13.8. The topological polar surface area (TPSA) is 21.3 Å². The minimum atomic E-state index is 0.898. The number of hydrogen-bond acceptors (Lipinski definition) is 3. The zero-order valence-electron chi connectivity index (χ0n) is 11.8. The fourth-order valence-corrected chi connectivity index (χ4v) is 2.98. The van der Waals surface area contributed by atoms with Crippen molar-refractivity contribution in [1.82, 2.24) is 0 Å². The number of rotatable bonds is 4. The van der Waals surface area contributed by atoms with Crippen LogP contribution >= 0.6 is 11.9 Å². The van der Waals surface area contributed by atoms with Crippen molar-refractivity contribution >= 4 is 17.6 Å². The lowest BCUT2D eigenvalue weighted by atomic mass is 10.1. The van der Waals surface area contributed by atoms with Gasteiger partial charge in [0.2, 0.25) is 0 Å². The second-order valence-corrected chi connectivity index (χ2v) is 5.47. The molecule has 0 atom stereocenters. The Morgan fingerprint density at radius 1 is 1.00 bits per heavy atom. The van der Waals surface area contributed by atoms with E-state index in [1.807, 2.05) is 6.07 Å². The summed E-state index contributed by atoms with van der Waals surface area (Å²) in [5.41, 5.74) is 4.90.